The Morgan fingerprint density at radius 1 is 0.488 bits per heavy atom. The molecule has 41 heavy (non-hydrogen) atoms. The SMILES string of the molecule is CCC.Nc1cc(-c2c3ccccc3c(-c3ccc4ccccc4c3)c3ccccc23)ccc1Nc1ccccc1. The van der Waals surface area contributed by atoms with Crippen molar-refractivity contribution in [3.8, 4) is 22.3 Å². The fourth-order valence-corrected chi connectivity index (χ4v) is 5.60. The highest BCUT2D eigenvalue weighted by atomic mass is 14.9. The summed E-state index contributed by atoms with van der Waals surface area (Å²) in [5.41, 5.74) is 14.1. The van der Waals surface area contributed by atoms with Gasteiger partial charge in [0.15, 0.2) is 0 Å². The van der Waals surface area contributed by atoms with E-state index in [1.807, 2.05) is 30.3 Å². The Hall–Kier alpha value is -5.08. The van der Waals surface area contributed by atoms with Crippen molar-refractivity contribution < 1.29 is 0 Å². The first kappa shape index (κ1) is 26.2. The third-order valence-corrected chi connectivity index (χ3v) is 7.36. The molecule has 0 aromatic heterocycles. The first-order valence-electron chi connectivity index (χ1n) is 14.3. The Labute approximate surface area is 242 Å². The second-order valence-electron chi connectivity index (χ2n) is 10.4. The summed E-state index contributed by atoms with van der Waals surface area (Å²) in [7, 11) is 0. The van der Waals surface area contributed by atoms with E-state index in [2.05, 4.69) is 128 Å². The molecule has 0 fully saturated rings. The number of benzene rings is 7. The minimum absolute atomic E-state index is 0.720. The fourth-order valence-electron chi connectivity index (χ4n) is 5.60. The number of nitrogens with one attached hydrogen (secondary N) is 1. The van der Waals surface area contributed by atoms with Crippen LogP contribution in [-0.4, -0.2) is 0 Å². The van der Waals surface area contributed by atoms with Crippen LogP contribution >= 0.6 is 0 Å². The van der Waals surface area contributed by atoms with Crippen LogP contribution in [0.2, 0.25) is 0 Å². The summed E-state index contributed by atoms with van der Waals surface area (Å²) < 4.78 is 0. The Kier molecular flexibility index (Phi) is 7.38. The molecule has 3 N–H and O–H groups in total. The van der Waals surface area contributed by atoms with E-state index in [0.29, 0.717) is 0 Å². The van der Waals surface area contributed by atoms with Gasteiger partial charge in [-0.05, 0) is 84.9 Å². The smallest absolute Gasteiger partial charge is 0.0618 e. The maximum atomic E-state index is 6.61. The molecule has 0 aliphatic heterocycles. The largest absolute Gasteiger partial charge is 0.397 e. The second-order valence-corrected chi connectivity index (χ2v) is 10.4. The average molecular weight is 531 g/mol. The van der Waals surface area contributed by atoms with Crippen molar-refractivity contribution in [3.05, 3.63) is 140 Å². The number of hydrogen-bond acceptors (Lipinski definition) is 2. The number of fused-ring (bicyclic) bond motifs is 3. The number of para-hydroxylation sites is 1. The van der Waals surface area contributed by atoms with Gasteiger partial charge in [-0.2, -0.15) is 0 Å². The lowest BCUT2D eigenvalue weighted by Gasteiger charge is -2.19. The van der Waals surface area contributed by atoms with E-state index in [4.69, 9.17) is 5.73 Å². The quantitative estimate of drug-likeness (QED) is 0.175. The van der Waals surface area contributed by atoms with E-state index in [9.17, 15) is 0 Å². The molecule has 2 heteroatoms. The van der Waals surface area contributed by atoms with Crippen molar-refractivity contribution in [2.45, 2.75) is 20.3 Å². The molecule has 0 heterocycles. The molecular weight excluding hydrogens is 496 g/mol. The minimum Gasteiger partial charge on any atom is -0.397 e. The molecule has 0 saturated heterocycles. The molecule has 0 amide bonds. The van der Waals surface area contributed by atoms with Gasteiger partial charge in [0.2, 0.25) is 0 Å². The Bertz CT molecular complexity index is 1920. The van der Waals surface area contributed by atoms with Crippen molar-refractivity contribution in [3.63, 3.8) is 0 Å². The zero-order valence-electron chi connectivity index (χ0n) is 23.6. The fraction of sp³-hybridized carbons (Fsp3) is 0.0769. The first-order chi connectivity index (χ1) is 20.2. The van der Waals surface area contributed by atoms with Crippen LogP contribution in [0.3, 0.4) is 0 Å². The first-order valence-corrected chi connectivity index (χ1v) is 14.3. The Morgan fingerprint density at radius 3 is 1.51 bits per heavy atom. The van der Waals surface area contributed by atoms with E-state index >= 15 is 0 Å². The zero-order valence-corrected chi connectivity index (χ0v) is 23.6. The van der Waals surface area contributed by atoms with Gasteiger partial charge >= 0.3 is 0 Å². The number of anilines is 3. The number of nitrogen functional groups attached to an aromatic ring is 1. The summed E-state index contributed by atoms with van der Waals surface area (Å²) >= 11 is 0. The zero-order chi connectivity index (χ0) is 28.2. The monoisotopic (exact) mass is 530 g/mol. The highest BCUT2D eigenvalue weighted by Crippen LogP contribution is 2.44. The van der Waals surface area contributed by atoms with Gasteiger partial charge in [0.05, 0.1) is 11.4 Å². The van der Waals surface area contributed by atoms with E-state index in [-0.39, 0.29) is 0 Å². The van der Waals surface area contributed by atoms with Crippen molar-refractivity contribution in [1.29, 1.82) is 0 Å². The highest BCUT2D eigenvalue weighted by molar-refractivity contribution is 6.21. The van der Waals surface area contributed by atoms with Crippen molar-refractivity contribution in [2.75, 3.05) is 11.1 Å². The minimum atomic E-state index is 0.720. The van der Waals surface area contributed by atoms with E-state index in [1.54, 1.807) is 0 Å². The lowest BCUT2D eigenvalue weighted by molar-refractivity contribution is 1.09. The standard InChI is InChI=1S/C36H26N2.C3H8/c37-33-23-27(20-21-34(33)38-28-12-2-1-3-13-28)36-31-16-8-6-14-29(31)35(30-15-7-9-17-32(30)36)26-19-18-24-10-4-5-11-25(24)22-26;1-3-2/h1-23,38H,37H2;3H2,1-2H3. The molecule has 7 aromatic rings. The van der Waals surface area contributed by atoms with E-state index in [0.717, 1.165) is 22.6 Å². The van der Waals surface area contributed by atoms with Gasteiger partial charge in [-0.15, -0.1) is 0 Å². The number of nitrogens with two attached hydrogens (primary N) is 1. The topological polar surface area (TPSA) is 38.0 Å². The van der Waals surface area contributed by atoms with E-state index in [1.165, 1.54) is 55.4 Å². The molecular formula is C39H34N2. The molecule has 0 aliphatic carbocycles. The van der Waals surface area contributed by atoms with Crippen LogP contribution in [-0.2, 0) is 0 Å². The summed E-state index contributed by atoms with van der Waals surface area (Å²) in [4.78, 5) is 0. The molecule has 200 valence electrons. The maximum Gasteiger partial charge on any atom is 0.0618 e. The third-order valence-electron chi connectivity index (χ3n) is 7.36. The van der Waals surface area contributed by atoms with Gasteiger partial charge in [0.25, 0.3) is 0 Å². The van der Waals surface area contributed by atoms with Crippen LogP contribution in [0.15, 0.2) is 140 Å². The van der Waals surface area contributed by atoms with Crippen LogP contribution in [0.25, 0.3) is 54.6 Å². The summed E-state index contributed by atoms with van der Waals surface area (Å²) in [5, 5.41) is 10.9. The normalized spacial score (nSPS) is 10.9. The molecule has 0 radical (unpaired) electrons. The van der Waals surface area contributed by atoms with Gasteiger partial charge in [0, 0.05) is 5.69 Å². The van der Waals surface area contributed by atoms with Crippen LogP contribution in [0.5, 0.6) is 0 Å². The molecule has 7 rings (SSSR count). The van der Waals surface area contributed by atoms with Crippen LogP contribution in [0.1, 0.15) is 20.3 Å². The summed E-state index contributed by atoms with van der Waals surface area (Å²) in [5.74, 6) is 0. The lowest BCUT2D eigenvalue weighted by Crippen LogP contribution is -1.97. The predicted octanol–water partition coefficient (Wildman–Crippen LogP) is 11.2. The lowest BCUT2D eigenvalue weighted by atomic mass is 9.85. The average Bonchev–Trinajstić information content (AvgIpc) is 3.01. The van der Waals surface area contributed by atoms with Crippen LogP contribution in [0, 0.1) is 0 Å². The van der Waals surface area contributed by atoms with Crippen LogP contribution in [0.4, 0.5) is 17.1 Å². The van der Waals surface area contributed by atoms with Gasteiger partial charge in [-0.25, -0.2) is 0 Å². The Morgan fingerprint density at radius 2 is 0.951 bits per heavy atom. The summed E-state index contributed by atoms with van der Waals surface area (Å²) in [6.07, 6.45) is 1.25. The van der Waals surface area contributed by atoms with Crippen molar-refractivity contribution in [2.24, 2.45) is 0 Å². The molecule has 0 spiro atoms. The third kappa shape index (κ3) is 5.13. The molecule has 0 saturated carbocycles. The van der Waals surface area contributed by atoms with Crippen molar-refractivity contribution in [1.82, 2.24) is 0 Å². The van der Waals surface area contributed by atoms with Crippen molar-refractivity contribution >= 4 is 49.4 Å². The van der Waals surface area contributed by atoms with E-state index < -0.39 is 0 Å². The molecule has 0 bridgehead atoms. The molecule has 0 unspecified atom stereocenters. The summed E-state index contributed by atoms with van der Waals surface area (Å²) in [6, 6.07) is 49.3. The second kappa shape index (κ2) is 11.6. The van der Waals surface area contributed by atoms with Gasteiger partial charge in [-0.3, -0.25) is 0 Å². The van der Waals surface area contributed by atoms with Crippen LogP contribution < -0.4 is 11.1 Å². The van der Waals surface area contributed by atoms with Gasteiger partial charge in [0.1, 0.15) is 0 Å². The number of hydrogen-bond donors (Lipinski definition) is 2. The van der Waals surface area contributed by atoms with Gasteiger partial charge < -0.3 is 11.1 Å². The highest BCUT2D eigenvalue weighted by Gasteiger charge is 2.17. The molecule has 0 atom stereocenters. The predicted molar refractivity (Wildman–Crippen MR) is 180 cm³/mol. The maximum absolute atomic E-state index is 6.61. The summed E-state index contributed by atoms with van der Waals surface area (Å²) in [6.45, 7) is 4.25. The molecule has 7 aromatic carbocycles. The molecule has 2 nitrogen and oxygen atoms in total. The molecule has 0 aliphatic rings. The number of rotatable bonds is 4. The van der Waals surface area contributed by atoms with Gasteiger partial charge in [-0.1, -0.05) is 129 Å². The Balaban J connectivity index is 0.000000967.